The quantitative estimate of drug-likeness (QED) is 0.411. The summed E-state index contributed by atoms with van der Waals surface area (Å²) >= 11 is 0. The minimum Gasteiger partial charge on any atom is -0.378 e. The van der Waals surface area contributed by atoms with Gasteiger partial charge in [-0.2, -0.15) is 13.2 Å². The van der Waals surface area contributed by atoms with Crippen molar-refractivity contribution < 1.29 is 26.3 Å². The molecule has 2 N–H and O–H groups in total. The first kappa shape index (κ1) is 23.9. The molecule has 0 heterocycles. The van der Waals surface area contributed by atoms with Gasteiger partial charge in [-0.25, -0.2) is 13.1 Å². The molecule has 0 radical (unpaired) electrons. The van der Waals surface area contributed by atoms with Crippen molar-refractivity contribution in [3.63, 3.8) is 0 Å². The summed E-state index contributed by atoms with van der Waals surface area (Å²) in [5.41, 5.74) is -0.869. The minimum absolute atomic E-state index is 0.160. The summed E-state index contributed by atoms with van der Waals surface area (Å²) in [6.07, 6.45) is 1.94. The SMILES string of the molecule is C=CCNCCCOC1CCC(CNS(=O)(=O)c2ccc(C(F)(F)F)cc2)CC1. The van der Waals surface area contributed by atoms with E-state index in [4.69, 9.17) is 4.74 Å². The fourth-order valence-electron chi connectivity index (χ4n) is 3.29. The fraction of sp³-hybridized carbons (Fsp3) is 0.600. The maximum atomic E-state index is 12.6. The van der Waals surface area contributed by atoms with Crippen LogP contribution >= 0.6 is 0 Å². The molecule has 164 valence electrons. The Morgan fingerprint density at radius 1 is 1.14 bits per heavy atom. The number of rotatable bonds is 11. The third-order valence-corrected chi connectivity index (χ3v) is 6.43. The molecule has 0 saturated heterocycles. The molecule has 1 aliphatic carbocycles. The fourth-order valence-corrected chi connectivity index (χ4v) is 4.40. The first-order valence-corrected chi connectivity index (χ1v) is 11.3. The van der Waals surface area contributed by atoms with E-state index in [0.29, 0.717) is 6.61 Å². The number of alkyl halides is 3. The van der Waals surface area contributed by atoms with E-state index in [9.17, 15) is 21.6 Å². The molecule has 9 heteroatoms. The molecule has 0 amide bonds. The summed E-state index contributed by atoms with van der Waals surface area (Å²) in [5, 5.41) is 3.22. The summed E-state index contributed by atoms with van der Waals surface area (Å²) in [4.78, 5) is -0.160. The first-order chi connectivity index (χ1) is 13.7. The van der Waals surface area contributed by atoms with Crippen LogP contribution in [0, 0.1) is 5.92 Å². The standard InChI is InChI=1S/C20H29F3N2O3S/c1-2-12-24-13-3-14-28-18-8-4-16(5-9-18)15-25-29(26,27)19-10-6-17(7-11-19)20(21,22)23/h2,6-7,10-11,16,18,24-25H,1,3-5,8-9,12-15H2. The van der Waals surface area contributed by atoms with E-state index in [2.05, 4.69) is 16.6 Å². The van der Waals surface area contributed by atoms with Crippen LogP contribution in [0.1, 0.15) is 37.7 Å². The van der Waals surface area contributed by atoms with E-state index in [1.807, 2.05) is 6.08 Å². The summed E-state index contributed by atoms with van der Waals surface area (Å²) in [6, 6.07) is 3.54. The highest BCUT2D eigenvalue weighted by atomic mass is 32.2. The third-order valence-electron chi connectivity index (χ3n) is 4.99. The van der Waals surface area contributed by atoms with Crippen LogP contribution in [0.25, 0.3) is 0 Å². The van der Waals surface area contributed by atoms with Crippen molar-refractivity contribution in [2.75, 3.05) is 26.2 Å². The van der Waals surface area contributed by atoms with Gasteiger partial charge in [-0.05, 0) is 68.8 Å². The van der Waals surface area contributed by atoms with Gasteiger partial charge in [0, 0.05) is 19.7 Å². The molecule has 0 bridgehead atoms. The molecule has 0 aromatic heterocycles. The van der Waals surface area contributed by atoms with Crippen molar-refractivity contribution in [1.82, 2.24) is 10.0 Å². The summed E-state index contributed by atoms with van der Waals surface area (Å²) in [6.45, 7) is 6.28. The van der Waals surface area contributed by atoms with Gasteiger partial charge in [0.05, 0.1) is 16.6 Å². The van der Waals surface area contributed by atoms with E-state index in [1.54, 1.807) is 0 Å². The lowest BCUT2D eigenvalue weighted by atomic mass is 9.87. The second-order valence-corrected chi connectivity index (χ2v) is 9.00. The van der Waals surface area contributed by atoms with E-state index in [0.717, 1.165) is 69.5 Å². The predicted octanol–water partition coefficient (Wildman–Crippen LogP) is 3.72. The van der Waals surface area contributed by atoms with Gasteiger partial charge < -0.3 is 10.1 Å². The molecule has 2 rings (SSSR count). The van der Waals surface area contributed by atoms with Gasteiger partial charge in [0.2, 0.25) is 10.0 Å². The van der Waals surface area contributed by atoms with Gasteiger partial charge in [-0.15, -0.1) is 6.58 Å². The maximum absolute atomic E-state index is 12.6. The number of benzene rings is 1. The molecule has 0 atom stereocenters. The molecule has 1 saturated carbocycles. The molecule has 0 unspecified atom stereocenters. The van der Waals surface area contributed by atoms with E-state index in [1.165, 1.54) is 0 Å². The lowest BCUT2D eigenvalue weighted by Crippen LogP contribution is -2.33. The van der Waals surface area contributed by atoms with Gasteiger partial charge >= 0.3 is 6.18 Å². The first-order valence-electron chi connectivity index (χ1n) is 9.82. The Morgan fingerprint density at radius 3 is 2.38 bits per heavy atom. The lowest BCUT2D eigenvalue weighted by molar-refractivity contribution is -0.137. The second kappa shape index (κ2) is 11.1. The summed E-state index contributed by atoms with van der Waals surface area (Å²) in [5.74, 6) is 0.202. The van der Waals surface area contributed by atoms with Gasteiger partial charge in [0.1, 0.15) is 0 Å². The van der Waals surface area contributed by atoms with E-state index in [-0.39, 0.29) is 23.5 Å². The van der Waals surface area contributed by atoms with Crippen molar-refractivity contribution in [2.45, 2.75) is 49.3 Å². The lowest BCUT2D eigenvalue weighted by Gasteiger charge is -2.28. The predicted molar refractivity (Wildman–Crippen MR) is 106 cm³/mol. The summed E-state index contributed by atoms with van der Waals surface area (Å²) in [7, 11) is -3.82. The van der Waals surface area contributed by atoms with Crippen molar-refractivity contribution in [1.29, 1.82) is 0 Å². The van der Waals surface area contributed by atoms with Crippen LogP contribution in [0.2, 0.25) is 0 Å². The Kier molecular flexibility index (Phi) is 9.13. The van der Waals surface area contributed by atoms with Gasteiger partial charge in [0.15, 0.2) is 0 Å². The van der Waals surface area contributed by atoms with Crippen LogP contribution in [0.4, 0.5) is 13.2 Å². The molecular weight excluding hydrogens is 405 g/mol. The Morgan fingerprint density at radius 2 is 1.79 bits per heavy atom. The minimum atomic E-state index is -4.49. The number of ether oxygens (including phenoxy) is 1. The number of halogens is 3. The molecule has 1 aliphatic rings. The maximum Gasteiger partial charge on any atom is 0.416 e. The highest BCUT2D eigenvalue weighted by Gasteiger charge is 2.31. The molecule has 0 spiro atoms. The topological polar surface area (TPSA) is 67.4 Å². The van der Waals surface area contributed by atoms with Crippen LogP contribution in [-0.4, -0.2) is 40.8 Å². The van der Waals surface area contributed by atoms with Gasteiger partial charge in [-0.3, -0.25) is 0 Å². The van der Waals surface area contributed by atoms with Crippen molar-refractivity contribution in [3.05, 3.63) is 42.5 Å². The molecule has 29 heavy (non-hydrogen) atoms. The largest absolute Gasteiger partial charge is 0.416 e. The van der Waals surface area contributed by atoms with E-state index < -0.39 is 21.8 Å². The molecule has 5 nitrogen and oxygen atoms in total. The Balaban J connectivity index is 1.70. The third kappa shape index (κ3) is 8.08. The van der Waals surface area contributed by atoms with Gasteiger partial charge in [-0.1, -0.05) is 6.08 Å². The molecule has 1 aromatic carbocycles. The van der Waals surface area contributed by atoms with Crippen molar-refractivity contribution in [3.8, 4) is 0 Å². The Hall–Kier alpha value is -1.42. The average molecular weight is 435 g/mol. The average Bonchev–Trinajstić information content (AvgIpc) is 2.69. The number of hydrogen-bond donors (Lipinski definition) is 2. The van der Waals surface area contributed by atoms with Crippen LogP contribution in [0.3, 0.4) is 0 Å². The molecule has 0 aliphatic heterocycles. The van der Waals surface area contributed by atoms with E-state index >= 15 is 0 Å². The van der Waals surface area contributed by atoms with Crippen LogP contribution in [0.15, 0.2) is 41.8 Å². The highest BCUT2D eigenvalue weighted by Crippen LogP contribution is 2.30. The monoisotopic (exact) mass is 434 g/mol. The van der Waals surface area contributed by atoms with Gasteiger partial charge in [0.25, 0.3) is 0 Å². The van der Waals surface area contributed by atoms with Crippen LogP contribution in [0.5, 0.6) is 0 Å². The number of nitrogens with one attached hydrogen (secondary N) is 2. The molecule has 1 aromatic rings. The summed E-state index contributed by atoms with van der Waals surface area (Å²) < 4.78 is 70.8. The zero-order valence-corrected chi connectivity index (χ0v) is 17.2. The normalized spacial score (nSPS) is 20.5. The zero-order chi connectivity index (χ0) is 21.3. The Labute approximate surface area is 170 Å². The molecular formula is C20H29F3N2O3S. The van der Waals surface area contributed by atoms with Crippen LogP contribution in [-0.2, 0) is 20.9 Å². The van der Waals surface area contributed by atoms with Crippen LogP contribution < -0.4 is 10.0 Å². The number of sulfonamides is 1. The number of hydrogen-bond acceptors (Lipinski definition) is 4. The molecule has 1 fully saturated rings. The zero-order valence-electron chi connectivity index (χ0n) is 16.4. The Bertz CT molecular complexity index is 728. The second-order valence-electron chi connectivity index (χ2n) is 7.23. The van der Waals surface area contributed by atoms with Crippen molar-refractivity contribution in [2.24, 2.45) is 5.92 Å². The van der Waals surface area contributed by atoms with Crippen molar-refractivity contribution >= 4 is 10.0 Å². The smallest absolute Gasteiger partial charge is 0.378 e. The highest BCUT2D eigenvalue weighted by molar-refractivity contribution is 7.89.